The lowest BCUT2D eigenvalue weighted by Crippen LogP contribution is -2.42. The van der Waals surface area contributed by atoms with Crippen molar-refractivity contribution in [1.82, 2.24) is 9.88 Å². The van der Waals surface area contributed by atoms with Crippen molar-refractivity contribution in [2.24, 2.45) is 0 Å². The van der Waals surface area contributed by atoms with Crippen LogP contribution in [-0.2, 0) is 4.74 Å². The van der Waals surface area contributed by atoms with Crippen LogP contribution < -0.4 is 15.4 Å². The third-order valence-electron chi connectivity index (χ3n) is 6.26. The van der Waals surface area contributed by atoms with Gasteiger partial charge < -0.3 is 25.0 Å². The van der Waals surface area contributed by atoms with Crippen molar-refractivity contribution < 1.29 is 19.1 Å². The summed E-state index contributed by atoms with van der Waals surface area (Å²) < 4.78 is 11.2. The van der Waals surface area contributed by atoms with Gasteiger partial charge in [0, 0.05) is 63.7 Å². The lowest BCUT2D eigenvalue weighted by Gasteiger charge is -2.32. The molecular weight excluding hydrogens is 456 g/mol. The van der Waals surface area contributed by atoms with E-state index in [1.165, 1.54) is 6.07 Å². The summed E-state index contributed by atoms with van der Waals surface area (Å²) in [5.41, 5.74) is 10.3. The quantitative estimate of drug-likeness (QED) is 0.392. The van der Waals surface area contributed by atoms with E-state index in [1.54, 1.807) is 30.2 Å². The number of anilines is 2. The number of likely N-dealkylation sites (tertiary alicyclic amines) is 1. The lowest BCUT2D eigenvalue weighted by atomic mass is 10.0. The number of hydrogen-bond acceptors (Lipinski definition) is 7. The average Bonchev–Trinajstić information content (AvgIpc) is 2.89. The Morgan fingerprint density at radius 2 is 1.75 bits per heavy atom. The van der Waals surface area contributed by atoms with Crippen molar-refractivity contribution in [2.75, 3.05) is 44.4 Å². The number of piperidine rings is 1. The Kier molecular flexibility index (Phi) is 7.73. The number of nitrogens with zero attached hydrogens (tertiary/aromatic N) is 3. The molecule has 0 unspecified atom stereocenters. The molecule has 0 radical (unpaired) electrons. The predicted molar refractivity (Wildman–Crippen MR) is 140 cm³/mol. The minimum absolute atomic E-state index is 0.0452. The Labute approximate surface area is 211 Å². The Morgan fingerprint density at radius 3 is 2.42 bits per heavy atom. The number of hydrogen-bond donors (Lipinski definition) is 1. The molecule has 0 saturated carbocycles. The van der Waals surface area contributed by atoms with E-state index in [4.69, 9.17) is 15.2 Å². The summed E-state index contributed by atoms with van der Waals surface area (Å²) in [6, 6.07) is 16.9. The molecule has 1 aromatic heterocycles. The van der Waals surface area contributed by atoms with Gasteiger partial charge >= 0.3 is 5.97 Å². The van der Waals surface area contributed by atoms with Crippen molar-refractivity contribution in [2.45, 2.75) is 25.9 Å². The van der Waals surface area contributed by atoms with Crippen molar-refractivity contribution in [3.63, 3.8) is 0 Å². The number of amides is 1. The summed E-state index contributed by atoms with van der Waals surface area (Å²) in [6.07, 6.45) is 3.05. The van der Waals surface area contributed by atoms with E-state index < -0.39 is 5.97 Å². The topological polar surface area (TPSA) is 98.0 Å². The maximum Gasteiger partial charge on any atom is 0.338 e. The van der Waals surface area contributed by atoms with E-state index in [2.05, 4.69) is 34.1 Å². The molecule has 2 heterocycles. The highest BCUT2D eigenvalue weighted by molar-refractivity contribution is 6.02. The highest BCUT2D eigenvalue weighted by Gasteiger charge is 2.27. The first-order valence-electron chi connectivity index (χ1n) is 12.1. The van der Waals surface area contributed by atoms with Crippen molar-refractivity contribution >= 4 is 23.3 Å². The second kappa shape index (κ2) is 11.1. The Hall–Kier alpha value is -4.07. The Balaban J connectivity index is 1.37. The number of rotatable bonds is 7. The normalized spacial score (nSPS) is 13.8. The number of benzene rings is 2. The summed E-state index contributed by atoms with van der Waals surface area (Å²) in [7, 11) is 4.03. The first-order chi connectivity index (χ1) is 17.4. The summed E-state index contributed by atoms with van der Waals surface area (Å²) >= 11 is 0. The van der Waals surface area contributed by atoms with Crippen LogP contribution in [0.4, 0.5) is 11.4 Å². The van der Waals surface area contributed by atoms with Gasteiger partial charge in [0.15, 0.2) is 0 Å². The zero-order valence-corrected chi connectivity index (χ0v) is 20.9. The van der Waals surface area contributed by atoms with Crippen LogP contribution in [-0.4, -0.2) is 61.7 Å². The molecule has 1 saturated heterocycles. The second-order valence-electron chi connectivity index (χ2n) is 8.96. The second-order valence-corrected chi connectivity index (χ2v) is 8.96. The van der Waals surface area contributed by atoms with E-state index in [0.717, 1.165) is 16.8 Å². The molecule has 0 atom stereocenters. The van der Waals surface area contributed by atoms with E-state index in [1.807, 2.05) is 26.2 Å². The molecule has 1 amide bonds. The fourth-order valence-corrected chi connectivity index (χ4v) is 4.21. The molecule has 2 aromatic carbocycles. The number of carbonyl (C=O) groups excluding carboxylic acids is 2. The number of nitrogen functional groups attached to an aromatic ring is 1. The first-order valence-corrected chi connectivity index (χ1v) is 12.1. The molecule has 0 aliphatic carbocycles. The van der Waals surface area contributed by atoms with Crippen molar-refractivity contribution in [3.05, 3.63) is 71.9 Å². The standard InChI is InChI=1S/C28H32N4O4/c1-4-35-28(34)21-7-10-25(29)24(17-21)27(33)32-15-12-23(13-16-32)36-26-18-20(11-14-30-26)19-5-8-22(9-6-19)31(2)3/h5-11,14,17-18,23H,4,12-13,15-16,29H2,1-3H3. The van der Waals surface area contributed by atoms with Gasteiger partial charge in [-0.1, -0.05) is 12.1 Å². The highest BCUT2D eigenvalue weighted by atomic mass is 16.5. The SMILES string of the molecule is CCOC(=O)c1ccc(N)c(C(=O)N2CCC(Oc3cc(-c4ccc(N(C)C)cc4)ccn3)CC2)c1. The maximum absolute atomic E-state index is 13.1. The van der Waals surface area contributed by atoms with E-state index >= 15 is 0 Å². The highest BCUT2D eigenvalue weighted by Crippen LogP contribution is 2.27. The summed E-state index contributed by atoms with van der Waals surface area (Å²) in [5, 5.41) is 0. The van der Waals surface area contributed by atoms with Crippen molar-refractivity contribution in [3.8, 4) is 17.0 Å². The van der Waals surface area contributed by atoms with Crippen LogP contribution in [0.25, 0.3) is 11.1 Å². The predicted octanol–water partition coefficient (Wildman–Crippen LogP) is 4.26. The van der Waals surface area contributed by atoms with Gasteiger partial charge in [-0.2, -0.15) is 0 Å². The zero-order chi connectivity index (χ0) is 25.7. The fourth-order valence-electron chi connectivity index (χ4n) is 4.21. The van der Waals surface area contributed by atoms with E-state index in [9.17, 15) is 9.59 Å². The van der Waals surface area contributed by atoms with Crippen LogP contribution in [0, 0.1) is 0 Å². The van der Waals surface area contributed by atoms with E-state index in [0.29, 0.717) is 48.6 Å². The molecule has 188 valence electrons. The molecule has 1 aliphatic rings. The van der Waals surface area contributed by atoms with Crippen LogP contribution in [0.15, 0.2) is 60.8 Å². The number of esters is 1. The summed E-state index contributed by atoms with van der Waals surface area (Å²) in [6.45, 7) is 3.05. The molecule has 36 heavy (non-hydrogen) atoms. The zero-order valence-electron chi connectivity index (χ0n) is 20.9. The number of ether oxygens (including phenoxy) is 2. The van der Waals surface area contributed by atoms with Gasteiger partial charge in [0.2, 0.25) is 5.88 Å². The smallest absolute Gasteiger partial charge is 0.338 e. The van der Waals surface area contributed by atoms with Crippen molar-refractivity contribution in [1.29, 1.82) is 0 Å². The number of nitrogens with two attached hydrogens (primary N) is 1. The van der Waals surface area contributed by atoms with Gasteiger partial charge in [-0.25, -0.2) is 9.78 Å². The Bertz CT molecular complexity index is 1220. The first kappa shape index (κ1) is 25.0. The molecule has 3 aromatic rings. The third kappa shape index (κ3) is 5.76. The van der Waals surface area contributed by atoms with Gasteiger partial charge in [0.25, 0.3) is 5.91 Å². The minimum atomic E-state index is -0.470. The summed E-state index contributed by atoms with van der Waals surface area (Å²) in [4.78, 5) is 33.4. The molecule has 2 N–H and O–H groups in total. The summed E-state index contributed by atoms with van der Waals surface area (Å²) in [5.74, 6) is -0.0965. The maximum atomic E-state index is 13.1. The number of aromatic nitrogens is 1. The number of pyridine rings is 1. The minimum Gasteiger partial charge on any atom is -0.474 e. The van der Waals surface area contributed by atoms with Gasteiger partial charge in [-0.05, 0) is 54.4 Å². The Morgan fingerprint density at radius 1 is 1.03 bits per heavy atom. The molecule has 8 nitrogen and oxygen atoms in total. The van der Waals surface area contributed by atoms with Crippen LogP contribution >= 0.6 is 0 Å². The molecule has 8 heteroatoms. The molecule has 1 aliphatic heterocycles. The molecule has 4 rings (SSSR count). The van der Waals surface area contributed by atoms with Gasteiger partial charge in [0.1, 0.15) is 6.10 Å². The molecule has 0 spiro atoms. The van der Waals surface area contributed by atoms with Crippen LogP contribution in [0.2, 0.25) is 0 Å². The molecular formula is C28H32N4O4. The molecule has 0 bridgehead atoms. The van der Waals surface area contributed by atoms with Crippen LogP contribution in [0.5, 0.6) is 5.88 Å². The number of carbonyl (C=O) groups is 2. The fraction of sp³-hybridized carbons (Fsp3) is 0.321. The lowest BCUT2D eigenvalue weighted by molar-refractivity contribution is 0.0526. The third-order valence-corrected chi connectivity index (χ3v) is 6.26. The van der Waals surface area contributed by atoms with Crippen LogP contribution in [0.3, 0.4) is 0 Å². The molecule has 1 fully saturated rings. The largest absolute Gasteiger partial charge is 0.474 e. The monoisotopic (exact) mass is 488 g/mol. The van der Waals surface area contributed by atoms with Crippen LogP contribution in [0.1, 0.15) is 40.5 Å². The van der Waals surface area contributed by atoms with Gasteiger partial charge in [-0.3, -0.25) is 4.79 Å². The van der Waals surface area contributed by atoms with Gasteiger partial charge in [-0.15, -0.1) is 0 Å². The van der Waals surface area contributed by atoms with E-state index in [-0.39, 0.29) is 18.6 Å². The van der Waals surface area contributed by atoms with Gasteiger partial charge in [0.05, 0.1) is 17.7 Å². The average molecular weight is 489 g/mol.